The summed E-state index contributed by atoms with van der Waals surface area (Å²) in [5, 5.41) is 3.36. The van der Waals surface area contributed by atoms with E-state index in [1.54, 1.807) is 12.1 Å². The van der Waals surface area contributed by atoms with E-state index in [1.165, 1.54) is 24.3 Å². The van der Waals surface area contributed by atoms with Gasteiger partial charge in [-0.1, -0.05) is 19.1 Å². The lowest BCUT2D eigenvalue weighted by Gasteiger charge is -2.22. The second kappa shape index (κ2) is 7.36. The fourth-order valence-corrected chi connectivity index (χ4v) is 5.19. The number of hydrogen-bond acceptors (Lipinski definition) is 4. The van der Waals surface area contributed by atoms with Gasteiger partial charge in [-0.05, 0) is 48.8 Å². The van der Waals surface area contributed by atoms with Crippen LogP contribution in [-0.2, 0) is 9.84 Å². The molecule has 3 nitrogen and oxygen atoms in total. The van der Waals surface area contributed by atoms with Crippen molar-refractivity contribution in [1.29, 1.82) is 0 Å². The van der Waals surface area contributed by atoms with Crippen molar-refractivity contribution >= 4 is 27.3 Å². The van der Waals surface area contributed by atoms with Crippen molar-refractivity contribution in [3.63, 3.8) is 0 Å². The van der Waals surface area contributed by atoms with Crippen LogP contribution in [0, 0.1) is 5.92 Å². The summed E-state index contributed by atoms with van der Waals surface area (Å²) in [6, 6.07) is 7.28. The number of benzene rings is 1. The summed E-state index contributed by atoms with van der Waals surface area (Å²) in [6.07, 6.45) is 3.10. The van der Waals surface area contributed by atoms with Gasteiger partial charge in [0.15, 0.2) is 9.84 Å². The molecule has 20 heavy (non-hydrogen) atoms. The third-order valence-corrected chi connectivity index (χ3v) is 6.64. The topological polar surface area (TPSA) is 46.2 Å². The van der Waals surface area contributed by atoms with Crippen LogP contribution in [0.2, 0.25) is 0 Å². The average Bonchev–Trinajstić information content (AvgIpc) is 2.46. The van der Waals surface area contributed by atoms with E-state index in [-0.39, 0.29) is 5.75 Å². The molecule has 1 aliphatic rings. The third-order valence-electron chi connectivity index (χ3n) is 3.62. The molecule has 0 aliphatic carbocycles. The Kier molecular flexibility index (Phi) is 5.78. The Labute approximate surface area is 126 Å². The van der Waals surface area contributed by atoms with Crippen molar-refractivity contribution in [2.24, 2.45) is 5.92 Å². The minimum absolute atomic E-state index is 0.214. The van der Waals surface area contributed by atoms with Gasteiger partial charge in [0.2, 0.25) is 0 Å². The monoisotopic (exact) mass is 313 g/mol. The van der Waals surface area contributed by atoms with E-state index in [4.69, 9.17) is 0 Å². The normalized spacial score (nSPS) is 17.1. The molecule has 1 fully saturated rings. The van der Waals surface area contributed by atoms with E-state index in [1.807, 2.05) is 30.8 Å². The van der Waals surface area contributed by atoms with Gasteiger partial charge in [-0.25, -0.2) is 8.42 Å². The van der Waals surface area contributed by atoms with Crippen LogP contribution in [0.15, 0.2) is 29.2 Å². The maximum absolute atomic E-state index is 12.3. The van der Waals surface area contributed by atoms with Crippen LogP contribution in [0.1, 0.15) is 26.2 Å². The Hall–Kier alpha value is -0.680. The highest BCUT2D eigenvalue weighted by atomic mass is 32.2. The Morgan fingerprint density at radius 1 is 1.25 bits per heavy atom. The lowest BCUT2D eigenvalue weighted by atomic mass is 10.0. The van der Waals surface area contributed by atoms with E-state index in [9.17, 15) is 8.42 Å². The Balaban J connectivity index is 2.07. The van der Waals surface area contributed by atoms with E-state index in [2.05, 4.69) is 5.32 Å². The molecule has 0 bridgehead atoms. The van der Waals surface area contributed by atoms with Gasteiger partial charge in [0.05, 0.1) is 16.3 Å². The first-order valence-electron chi connectivity index (χ1n) is 7.27. The van der Waals surface area contributed by atoms with Crippen LogP contribution in [0.5, 0.6) is 0 Å². The van der Waals surface area contributed by atoms with Crippen molar-refractivity contribution < 1.29 is 8.42 Å². The molecule has 0 amide bonds. The molecule has 5 heteroatoms. The van der Waals surface area contributed by atoms with Crippen LogP contribution >= 0.6 is 11.8 Å². The van der Waals surface area contributed by atoms with Gasteiger partial charge in [-0.2, -0.15) is 11.8 Å². The van der Waals surface area contributed by atoms with Gasteiger partial charge in [-0.3, -0.25) is 0 Å². The number of rotatable bonds is 6. The first kappa shape index (κ1) is 15.7. The fraction of sp³-hybridized carbons (Fsp3) is 0.600. The molecule has 0 saturated carbocycles. The molecule has 2 rings (SSSR count). The molecule has 1 aliphatic heterocycles. The summed E-state index contributed by atoms with van der Waals surface area (Å²) in [6.45, 7) is 2.77. The molecule has 0 atom stereocenters. The van der Waals surface area contributed by atoms with Gasteiger partial charge in [0.1, 0.15) is 0 Å². The SMILES string of the molecule is CCCS(=O)(=O)c1ccccc1NCC1CCSCC1. The first-order chi connectivity index (χ1) is 9.63. The maximum Gasteiger partial charge on any atom is 0.180 e. The number of anilines is 1. The van der Waals surface area contributed by atoms with Gasteiger partial charge in [0, 0.05) is 6.54 Å². The van der Waals surface area contributed by atoms with Gasteiger partial charge in [-0.15, -0.1) is 0 Å². The molecule has 1 aromatic carbocycles. The summed E-state index contributed by atoms with van der Waals surface area (Å²) in [5.41, 5.74) is 0.763. The Morgan fingerprint density at radius 2 is 1.95 bits per heavy atom. The fourth-order valence-electron chi connectivity index (χ4n) is 2.47. The van der Waals surface area contributed by atoms with E-state index in [0.717, 1.165) is 12.2 Å². The highest BCUT2D eigenvalue weighted by Gasteiger charge is 2.19. The van der Waals surface area contributed by atoms with E-state index in [0.29, 0.717) is 17.2 Å². The summed E-state index contributed by atoms with van der Waals surface area (Å²) in [4.78, 5) is 0.451. The summed E-state index contributed by atoms with van der Waals surface area (Å²) >= 11 is 2.01. The van der Waals surface area contributed by atoms with Crippen LogP contribution in [-0.4, -0.2) is 32.2 Å². The molecule has 0 radical (unpaired) electrons. The highest BCUT2D eigenvalue weighted by molar-refractivity contribution is 7.99. The van der Waals surface area contributed by atoms with Crippen molar-refractivity contribution in [3.8, 4) is 0 Å². The number of sulfone groups is 1. The summed E-state index contributed by atoms with van der Waals surface area (Å²) in [7, 11) is -3.16. The molecule has 1 heterocycles. The molecule has 112 valence electrons. The van der Waals surface area contributed by atoms with Gasteiger partial charge < -0.3 is 5.32 Å². The first-order valence-corrected chi connectivity index (χ1v) is 10.1. The van der Waals surface area contributed by atoms with Crippen LogP contribution in [0.25, 0.3) is 0 Å². The molecule has 0 aromatic heterocycles. The minimum atomic E-state index is -3.16. The number of thioether (sulfide) groups is 1. The zero-order chi connectivity index (χ0) is 14.4. The van der Waals surface area contributed by atoms with Gasteiger partial charge in [0.25, 0.3) is 0 Å². The van der Waals surface area contributed by atoms with Crippen molar-refractivity contribution in [2.45, 2.75) is 31.1 Å². The van der Waals surface area contributed by atoms with Crippen LogP contribution in [0.3, 0.4) is 0 Å². The quantitative estimate of drug-likeness (QED) is 0.874. The molecular formula is C15H23NO2S2. The second-order valence-corrected chi connectivity index (χ2v) is 8.55. The Bertz CT molecular complexity index is 522. The average molecular weight is 313 g/mol. The molecule has 1 saturated heterocycles. The standard InChI is InChI=1S/C15H23NO2S2/c1-2-11-20(17,18)15-6-4-3-5-14(15)16-12-13-7-9-19-10-8-13/h3-6,13,16H,2,7-12H2,1H3. The van der Waals surface area contributed by atoms with E-state index >= 15 is 0 Å². The van der Waals surface area contributed by atoms with Crippen molar-refractivity contribution in [3.05, 3.63) is 24.3 Å². The molecule has 0 spiro atoms. The lowest BCUT2D eigenvalue weighted by molar-refractivity contribution is 0.515. The second-order valence-electron chi connectivity index (χ2n) is 5.25. The number of nitrogens with one attached hydrogen (secondary N) is 1. The smallest absolute Gasteiger partial charge is 0.180 e. The van der Waals surface area contributed by atoms with Crippen LogP contribution < -0.4 is 5.32 Å². The molecule has 0 unspecified atom stereocenters. The van der Waals surface area contributed by atoms with Crippen LogP contribution in [0.4, 0.5) is 5.69 Å². The van der Waals surface area contributed by atoms with Crippen molar-refractivity contribution in [1.82, 2.24) is 0 Å². The maximum atomic E-state index is 12.3. The van der Waals surface area contributed by atoms with Gasteiger partial charge >= 0.3 is 0 Å². The zero-order valence-corrected chi connectivity index (χ0v) is 13.6. The summed E-state index contributed by atoms with van der Waals surface area (Å²) < 4.78 is 24.5. The third kappa shape index (κ3) is 4.16. The Morgan fingerprint density at radius 3 is 2.65 bits per heavy atom. The number of para-hydroxylation sites is 1. The molecule has 1 aromatic rings. The predicted octanol–water partition coefficient (Wildman–Crippen LogP) is 3.43. The zero-order valence-electron chi connectivity index (χ0n) is 12.0. The van der Waals surface area contributed by atoms with Crippen molar-refractivity contribution in [2.75, 3.05) is 29.1 Å². The summed E-state index contributed by atoms with van der Waals surface area (Å²) in [5.74, 6) is 3.33. The minimum Gasteiger partial charge on any atom is -0.384 e. The largest absolute Gasteiger partial charge is 0.384 e. The molecule has 1 N–H and O–H groups in total. The number of hydrogen-bond donors (Lipinski definition) is 1. The van der Waals surface area contributed by atoms with E-state index < -0.39 is 9.84 Å². The molecular weight excluding hydrogens is 290 g/mol. The lowest BCUT2D eigenvalue weighted by Crippen LogP contribution is -2.20. The predicted molar refractivity (Wildman–Crippen MR) is 87.3 cm³/mol. The highest BCUT2D eigenvalue weighted by Crippen LogP contribution is 2.26.